The van der Waals surface area contributed by atoms with E-state index in [0.717, 1.165) is 57.6 Å². The van der Waals surface area contributed by atoms with Crippen molar-refractivity contribution in [3.8, 4) is 5.75 Å². The number of rotatable bonds is 8. The van der Waals surface area contributed by atoms with Gasteiger partial charge in [0.05, 0.1) is 19.8 Å². The van der Waals surface area contributed by atoms with Gasteiger partial charge >= 0.3 is 0 Å². The van der Waals surface area contributed by atoms with Crippen LogP contribution in [-0.2, 0) is 11.3 Å². The van der Waals surface area contributed by atoms with E-state index < -0.39 is 0 Å². The molecule has 6 nitrogen and oxygen atoms in total. The molecule has 0 aliphatic carbocycles. The van der Waals surface area contributed by atoms with Crippen LogP contribution in [0.2, 0.25) is 0 Å². The van der Waals surface area contributed by atoms with Crippen LogP contribution >= 0.6 is 0 Å². The van der Waals surface area contributed by atoms with Crippen LogP contribution in [0.1, 0.15) is 19.4 Å². The van der Waals surface area contributed by atoms with Crippen LogP contribution in [0.3, 0.4) is 0 Å². The molecular formula is C20H34N4O2. The van der Waals surface area contributed by atoms with Gasteiger partial charge in [0.15, 0.2) is 5.96 Å². The monoisotopic (exact) mass is 362 g/mol. The molecule has 146 valence electrons. The number of morpholine rings is 1. The Labute approximate surface area is 158 Å². The number of ether oxygens (including phenoxy) is 2. The molecule has 1 atom stereocenters. The Balaban J connectivity index is 1.77. The maximum atomic E-state index is 5.50. The van der Waals surface area contributed by atoms with Gasteiger partial charge < -0.3 is 19.7 Å². The summed E-state index contributed by atoms with van der Waals surface area (Å²) < 4.78 is 10.9. The minimum absolute atomic E-state index is 0.559. The average molecular weight is 363 g/mol. The van der Waals surface area contributed by atoms with Crippen LogP contribution in [0.4, 0.5) is 0 Å². The Bertz CT molecular complexity index is 541. The molecule has 6 heteroatoms. The third-order valence-electron chi connectivity index (χ3n) is 4.51. The highest BCUT2D eigenvalue weighted by Crippen LogP contribution is 2.13. The zero-order chi connectivity index (χ0) is 18.8. The van der Waals surface area contributed by atoms with E-state index in [9.17, 15) is 0 Å². The van der Waals surface area contributed by atoms with Gasteiger partial charge in [-0.2, -0.15) is 0 Å². The second-order valence-corrected chi connectivity index (χ2v) is 6.88. The molecular weight excluding hydrogens is 328 g/mol. The van der Waals surface area contributed by atoms with Gasteiger partial charge in [0, 0.05) is 46.8 Å². The summed E-state index contributed by atoms with van der Waals surface area (Å²) >= 11 is 0. The van der Waals surface area contributed by atoms with Crippen molar-refractivity contribution in [2.45, 2.75) is 20.4 Å². The second-order valence-electron chi connectivity index (χ2n) is 6.88. The molecule has 1 saturated heterocycles. The summed E-state index contributed by atoms with van der Waals surface area (Å²) in [5, 5.41) is 3.50. The first-order valence-corrected chi connectivity index (χ1v) is 9.56. The Morgan fingerprint density at radius 3 is 2.62 bits per heavy atom. The Hall–Kier alpha value is -1.79. The van der Waals surface area contributed by atoms with Gasteiger partial charge in [-0.1, -0.05) is 19.1 Å². The lowest BCUT2D eigenvalue weighted by Crippen LogP contribution is -2.44. The van der Waals surface area contributed by atoms with Crippen LogP contribution in [-0.4, -0.2) is 75.9 Å². The highest BCUT2D eigenvalue weighted by atomic mass is 16.5. The summed E-state index contributed by atoms with van der Waals surface area (Å²) in [5.41, 5.74) is 1.24. The molecule has 1 unspecified atom stereocenters. The molecule has 1 fully saturated rings. The summed E-state index contributed by atoms with van der Waals surface area (Å²) in [4.78, 5) is 9.05. The van der Waals surface area contributed by atoms with E-state index in [2.05, 4.69) is 46.2 Å². The van der Waals surface area contributed by atoms with E-state index in [1.165, 1.54) is 5.56 Å². The zero-order valence-electron chi connectivity index (χ0n) is 16.7. The van der Waals surface area contributed by atoms with E-state index in [-0.39, 0.29) is 0 Å². The lowest BCUT2D eigenvalue weighted by molar-refractivity contribution is 0.0320. The third kappa shape index (κ3) is 6.84. The molecule has 0 bridgehead atoms. The average Bonchev–Trinajstić information content (AvgIpc) is 2.65. The van der Waals surface area contributed by atoms with E-state index in [4.69, 9.17) is 9.47 Å². The summed E-state index contributed by atoms with van der Waals surface area (Å²) in [7, 11) is 3.90. The van der Waals surface area contributed by atoms with Crippen molar-refractivity contribution in [1.82, 2.24) is 15.1 Å². The summed E-state index contributed by atoms with van der Waals surface area (Å²) in [6.45, 7) is 11.6. The third-order valence-corrected chi connectivity index (χ3v) is 4.51. The Morgan fingerprint density at radius 1 is 1.31 bits per heavy atom. The van der Waals surface area contributed by atoms with Crippen LogP contribution in [0.15, 0.2) is 29.3 Å². The molecule has 1 aromatic carbocycles. The van der Waals surface area contributed by atoms with E-state index in [1.54, 1.807) is 0 Å². The van der Waals surface area contributed by atoms with Crippen molar-refractivity contribution >= 4 is 5.96 Å². The molecule has 1 heterocycles. The van der Waals surface area contributed by atoms with Gasteiger partial charge in [-0.25, -0.2) is 0 Å². The van der Waals surface area contributed by atoms with Crippen molar-refractivity contribution in [2.24, 2.45) is 10.9 Å². The van der Waals surface area contributed by atoms with Crippen molar-refractivity contribution in [1.29, 1.82) is 0 Å². The normalized spacial score (nSPS) is 17.0. The Kier molecular flexibility index (Phi) is 8.71. The van der Waals surface area contributed by atoms with Gasteiger partial charge in [0.25, 0.3) is 0 Å². The van der Waals surface area contributed by atoms with Gasteiger partial charge in [-0.15, -0.1) is 0 Å². The first-order chi connectivity index (χ1) is 12.6. The molecule has 1 N–H and O–H groups in total. The zero-order valence-corrected chi connectivity index (χ0v) is 16.7. The maximum absolute atomic E-state index is 5.50. The molecule has 1 aliphatic rings. The largest absolute Gasteiger partial charge is 0.494 e. The second kappa shape index (κ2) is 11.0. The van der Waals surface area contributed by atoms with E-state index >= 15 is 0 Å². The summed E-state index contributed by atoms with van der Waals surface area (Å²) in [6.07, 6.45) is 0. The number of nitrogens with one attached hydrogen (secondary N) is 1. The van der Waals surface area contributed by atoms with E-state index in [1.807, 2.05) is 26.1 Å². The molecule has 1 aliphatic heterocycles. The molecule has 0 amide bonds. The quantitative estimate of drug-likeness (QED) is 0.567. The van der Waals surface area contributed by atoms with E-state index in [0.29, 0.717) is 12.5 Å². The van der Waals surface area contributed by atoms with Crippen LogP contribution in [0.25, 0.3) is 0 Å². The van der Waals surface area contributed by atoms with Crippen molar-refractivity contribution < 1.29 is 9.47 Å². The molecule has 0 spiro atoms. The first-order valence-electron chi connectivity index (χ1n) is 9.56. The highest BCUT2D eigenvalue weighted by molar-refractivity contribution is 5.79. The molecule has 0 radical (unpaired) electrons. The smallest absolute Gasteiger partial charge is 0.193 e. The predicted molar refractivity (Wildman–Crippen MR) is 107 cm³/mol. The number of hydrogen-bond donors (Lipinski definition) is 1. The number of aliphatic imine (C=N–C) groups is 1. The SMILES string of the molecule is CCOc1ccc(CN(C)C(=NC)NCC(C)CN2CCOCC2)cc1. The fourth-order valence-electron chi connectivity index (χ4n) is 3.15. The topological polar surface area (TPSA) is 49.3 Å². The fraction of sp³-hybridized carbons (Fsp3) is 0.650. The predicted octanol–water partition coefficient (Wildman–Crippen LogP) is 2.06. The number of nitrogens with zero attached hydrogens (tertiary/aromatic N) is 3. The maximum Gasteiger partial charge on any atom is 0.193 e. The van der Waals surface area contributed by atoms with Gasteiger partial charge in [0.1, 0.15) is 5.75 Å². The number of guanidine groups is 1. The molecule has 26 heavy (non-hydrogen) atoms. The summed E-state index contributed by atoms with van der Waals surface area (Å²) in [5.74, 6) is 2.40. The van der Waals surface area contributed by atoms with Crippen LogP contribution < -0.4 is 10.1 Å². The van der Waals surface area contributed by atoms with Gasteiger partial charge in [0.2, 0.25) is 0 Å². The lowest BCUT2D eigenvalue weighted by atomic mass is 10.1. The fourth-order valence-corrected chi connectivity index (χ4v) is 3.15. The first kappa shape index (κ1) is 20.5. The standard InChI is InChI=1S/C20H34N4O2/c1-5-26-19-8-6-18(7-9-19)16-23(4)20(21-3)22-14-17(2)15-24-10-12-25-13-11-24/h6-9,17H,5,10-16H2,1-4H3,(H,21,22). The molecule has 0 aromatic heterocycles. The van der Waals surface area contributed by atoms with Crippen molar-refractivity contribution in [3.63, 3.8) is 0 Å². The molecule has 0 saturated carbocycles. The van der Waals surface area contributed by atoms with Crippen LogP contribution in [0.5, 0.6) is 5.75 Å². The lowest BCUT2D eigenvalue weighted by Gasteiger charge is -2.30. The minimum Gasteiger partial charge on any atom is -0.494 e. The number of hydrogen-bond acceptors (Lipinski definition) is 4. The van der Waals surface area contributed by atoms with Crippen molar-refractivity contribution in [2.75, 3.05) is 60.1 Å². The molecule has 1 aromatic rings. The highest BCUT2D eigenvalue weighted by Gasteiger charge is 2.15. The van der Waals surface area contributed by atoms with Crippen molar-refractivity contribution in [3.05, 3.63) is 29.8 Å². The van der Waals surface area contributed by atoms with Gasteiger partial charge in [-0.05, 0) is 30.5 Å². The molecule has 2 rings (SSSR count). The minimum atomic E-state index is 0.559. The summed E-state index contributed by atoms with van der Waals surface area (Å²) in [6, 6.07) is 8.26. The Morgan fingerprint density at radius 2 is 2.00 bits per heavy atom. The van der Waals surface area contributed by atoms with Gasteiger partial charge in [-0.3, -0.25) is 9.89 Å². The van der Waals surface area contributed by atoms with Crippen LogP contribution in [0, 0.1) is 5.92 Å². The number of benzene rings is 1.